The molecular weight excluding hydrogens is 236 g/mol. The van der Waals surface area contributed by atoms with Gasteiger partial charge in [-0.15, -0.1) is 0 Å². The fourth-order valence-corrected chi connectivity index (χ4v) is 2.12. The molecule has 0 saturated carbocycles. The second-order valence-corrected chi connectivity index (χ2v) is 6.18. The number of hydrogen-bond donors (Lipinski definition) is 0. The molecule has 0 fully saturated rings. The highest BCUT2D eigenvalue weighted by Gasteiger charge is 2.06. The van der Waals surface area contributed by atoms with E-state index in [0.29, 0.717) is 6.42 Å². The monoisotopic (exact) mass is 244 g/mol. The molecule has 15 heavy (non-hydrogen) atoms. The maximum atomic E-state index is 10.8. The van der Waals surface area contributed by atoms with Gasteiger partial charge in [0.15, 0.2) is 0 Å². The van der Waals surface area contributed by atoms with E-state index >= 15 is 0 Å². The molecular formula is C10H9ClO3S. The number of aryl methyl sites for hydroxylation is 1. The van der Waals surface area contributed by atoms with Crippen molar-refractivity contribution in [3.05, 3.63) is 36.1 Å². The summed E-state index contributed by atoms with van der Waals surface area (Å²) < 4.78 is 26.7. The van der Waals surface area contributed by atoms with Crippen molar-refractivity contribution in [3.63, 3.8) is 0 Å². The molecule has 2 rings (SSSR count). The third-order valence-corrected chi connectivity index (χ3v) is 3.31. The third-order valence-electron chi connectivity index (χ3n) is 2.15. The second kappa shape index (κ2) is 3.87. The van der Waals surface area contributed by atoms with E-state index < -0.39 is 9.05 Å². The molecule has 0 radical (unpaired) electrons. The van der Waals surface area contributed by atoms with Crippen molar-refractivity contribution in [2.24, 2.45) is 0 Å². The molecule has 5 heteroatoms. The smallest absolute Gasteiger partial charge is 0.232 e. The van der Waals surface area contributed by atoms with Gasteiger partial charge in [0.05, 0.1) is 12.0 Å². The fraction of sp³-hybridized carbons (Fsp3) is 0.200. The fourth-order valence-electron chi connectivity index (χ4n) is 1.41. The molecule has 3 nitrogen and oxygen atoms in total. The van der Waals surface area contributed by atoms with Crippen LogP contribution < -0.4 is 0 Å². The van der Waals surface area contributed by atoms with Gasteiger partial charge in [-0.3, -0.25) is 0 Å². The summed E-state index contributed by atoms with van der Waals surface area (Å²) in [4.78, 5) is 0. The molecule has 2 aromatic rings. The first-order valence-corrected chi connectivity index (χ1v) is 6.91. The number of halogens is 1. The molecule has 1 heterocycles. The Balaban J connectivity index is 2.21. The lowest BCUT2D eigenvalue weighted by molar-refractivity contribution is 0.609. The molecule has 1 aromatic heterocycles. The Bertz CT molecular complexity index is 571. The maximum Gasteiger partial charge on any atom is 0.232 e. The molecule has 0 bridgehead atoms. The molecule has 0 aliphatic rings. The lowest BCUT2D eigenvalue weighted by Gasteiger charge is -1.98. The summed E-state index contributed by atoms with van der Waals surface area (Å²) in [5.41, 5.74) is 1.74. The van der Waals surface area contributed by atoms with Crippen molar-refractivity contribution in [2.45, 2.75) is 6.42 Å². The third kappa shape index (κ3) is 2.73. The maximum absolute atomic E-state index is 10.8. The average molecular weight is 245 g/mol. The van der Waals surface area contributed by atoms with Gasteiger partial charge in [-0.05, 0) is 30.2 Å². The summed E-state index contributed by atoms with van der Waals surface area (Å²) >= 11 is 0. The number of rotatable bonds is 3. The summed E-state index contributed by atoms with van der Waals surface area (Å²) in [7, 11) is 1.72. The van der Waals surface area contributed by atoms with Crippen molar-refractivity contribution < 1.29 is 12.8 Å². The van der Waals surface area contributed by atoms with Gasteiger partial charge in [-0.25, -0.2) is 8.42 Å². The predicted molar refractivity (Wildman–Crippen MR) is 59.6 cm³/mol. The Hall–Kier alpha value is -1.00. The van der Waals surface area contributed by atoms with E-state index in [1.54, 1.807) is 6.26 Å². The minimum atomic E-state index is -3.41. The first-order chi connectivity index (χ1) is 7.04. The average Bonchev–Trinajstić information content (AvgIpc) is 2.60. The largest absolute Gasteiger partial charge is 0.464 e. The van der Waals surface area contributed by atoms with Crippen LogP contribution in [-0.4, -0.2) is 14.2 Å². The Kier molecular flexibility index (Phi) is 2.71. The van der Waals surface area contributed by atoms with Gasteiger partial charge in [0, 0.05) is 16.1 Å². The number of hydrogen-bond acceptors (Lipinski definition) is 3. The van der Waals surface area contributed by atoms with E-state index in [1.165, 1.54) is 0 Å². The van der Waals surface area contributed by atoms with Gasteiger partial charge in [0.2, 0.25) is 9.05 Å². The van der Waals surface area contributed by atoms with Gasteiger partial charge >= 0.3 is 0 Å². The van der Waals surface area contributed by atoms with Gasteiger partial charge in [0.25, 0.3) is 0 Å². The number of fused-ring (bicyclic) bond motifs is 1. The molecule has 0 N–H and O–H groups in total. The minimum Gasteiger partial charge on any atom is -0.464 e. The first-order valence-electron chi connectivity index (χ1n) is 4.43. The molecule has 0 saturated heterocycles. The van der Waals surface area contributed by atoms with E-state index in [1.807, 2.05) is 24.3 Å². The molecule has 0 unspecified atom stereocenters. The lowest BCUT2D eigenvalue weighted by atomic mass is 10.1. The van der Waals surface area contributed by atoms with Crippen molar-refractivity contribution in [1.82, 2.24) is 0 Å². The summed E-state index contributed by atoms with van der Waals surface area (Å²) in [6.45, 7) is 0. The van der Waals surface area contributed by atoms with Crippen LogP contribution in [0.5, 0.6) is 0 Å². The number of furan rings is 1. The van der Waals surface area contributed by atoms with Crippen molar-refractivity contribution in [1.29, 1.82) is 0 Å². The zero-order chi connectivity index (χ0) is 10.9. The molecule has 0 spiro atoms. The summed E-state index contributed by atoms with van der Waals surface area (Å²) in [6.07, 6.45) is 2.03. The van der Waals surface area contributed by atoms with Crippen LogP contribution in [0.25, 0.3) is 11.0 Å². The van der Waals surface area contributed by atoms with Crippen LogP contribution in [0.3, 0.4) is 0 Å². The highest BCUT2D eigenvalue weighted by molar-refractivity contribution is 8.13. The van der Waals surface area contributed by atoms with Crippen LogP contribution in [0, 0.1) is 0 Å². The van der Waals surface area contributed by atoms with Crippen molar-refractivity contribution >= 4 is 30.7 Å². The Morgan fingerprint density at radius 1 is 1.27 bits per heavy atom. The second-order valence-electron chi connectivity index (χ2n) is 3.29. The van der Waals surface area contributed by atoms with Gasteiger partial charge < -0.3 is 4.42 Å². The van der Waals surface area contributed by atoms with Crippen LogP contribution in [0.1, 0.15) is 5.56 Å². The van der Waals surface area contributed by atoms with Crippen LogP contribution >= 0.6 is 10.7 Å². The topological polar surface area (TPSA) is 47.3 Å². The molecule has 80 valence electrons. The number of benzene rings is 1. The highest BCUT2D eigenvalue weighted by Crippen LogP contribution is 2.17. The summed E-state index contributed by atoms with van der Waals surface area (Å²) in [5, 5.41) is 0.972. The Labute approximate surface area is 92.1 Å². The molecule has 0 amide bonds. The summed E-state index contributed by atoms with van der Waals surface area (Å²) in [5.74, 6) is -0.0437. The van der Waals surface area contributed by atoms with Crippen molar-refractivity contribution in [3.8, 4) is 0 Å². The van der Waals surface area contributed by atoms with Gasteiger partial charge in [-0.2, -0.15) is 0 Å². The minimum absolute atomic E-state index is 0.0437. The SMILES string of the molecule is O=S(=O)(Cl)CCc1ccc2occc2c1. The van der Waals surface area contributed by atoms with E-state index in [0.717, 1.165) is 16.5 Å². The molecule has 1 aromatic carbocycles. The standard InChI is InChI=1S/C10H9ClO3S/c11-15(12,13)6-4-8-1-2-10-9(7-8)3-5-14-10/h1-3,5,7H,4,6H2. The van der Waals surface area contributed by atoms with E-state index in [4.69, 9.17) is 15.1 Å². The summed E-state index contributed by atoms with van der Waals surface area (Å²) in [6, 6.07) is 7.41. The van der Waals surface area contributed by atoms with Crippen LogP contribution in [0.2, 0.25) is 0 Å². The highest BCUT2D eigenvalue weighted by atomic mass is 35.7. The van der Waals surface area contributed by atoms with Crippen LogP contribution in [-0.2, 0) is 15.5 Å². The van der Waals surface area contributed by atoms with E-state index in [2.05, 4.69) is 0 Å². The molecule has 0 aliphatic carbocycles. The zero-order valence-corrected chi connectivity index (χ0v) is 9.38. The predicted octanol–water partition coefficient (Wildman–Crippen LogP) is 2.54. The zero-order valence-electron chi connectivity index (χ0n) is 7.81. The normalized spacial score (nSPS) is 12.1. The van der Waals surface area contributed by atoms with Crippen LogP contribution in [0.15, 0.2) is 34.9 Å². The Morgan fingerprint density at radius 3 is 2.80 bits per heavy atom. The first kappa shape index (κ1) is 10.5. The van der Waals surface area contributed by atoms with Gasteiger partial charge in [0.1, 0.15) is 5.58 Å². The van der Waals surface area contributed by atoms with E-state index in [9.17, 15) is 8.42 Å². The molecule has 0 aliphatic heterocycles. The van der Waals surface area contributed by atoms with E-state index in [-0.39, 0.29) is 5.75 Å². The van der Waals surface area contributed by atoms with Gasteiger partial charge in [-0.1, -0.05) is 6.07 Å². The quantitative estimate of drug-likeness (QED) is 0.780. The van der Waals surface area contributed by atoms with Crippen molar-refractivity contribution in [2.75, 3.05) is 5.75 Å². The molecule has 0 atom stereocenters. The Morgan fingerprint density at radius 2 is 2.07 bits per heavy atom. The van der Waals surface area contributed by atoms with Crippen LogP contribution in [0.4, 0.5) is 0 Å². The lowest BCUT2D eigenvalue weighted by Crippen LogP contribution is -2.00.